The van der Waals surface area contributed by atoms with Gasteiger partial charge >= 0.3 is 0 Å². The Kier molecular flexibility index (Phi) is 6.35. The summed E-state index contributed by atoms with van der Waals surface area (Å²) in [4.78, 5) is 4.51. The minimum absolute atomic E-state index is 0. The molecule has 0 bridgehead atoms. The van der Waals surface area contributed by atoms with Crippen molar-refractivity contribution in [3.63, 3.8) is 0 Å². The molecular formula is C16H23ClIN3O. The molecule has 0 radical (unpaired) electrons. The van der Waals surface area contributed by atoms with Gasteiger partial charge < -0.3 is 15.8 Å². The highest BCUT2D eigenvalue weighted by molar-refractivity contribution is 14.0. The molecule has 1 aromatic carbocycles. The molecular weight excluding hydrogens is 413 g/mol. The van der Waals surface area contributed by atoms with Gasteiger partial charge in [-0.1, -0.05) is 29.8 Å². The number of hydrogen-bond donors (Lipinski definition) is 2. The second kappa shape index (κ2) is 7.84. The highest BCUT2D eigenvalue weighted by Crippen LogP contribution is 2.50. The Bertz CT molecular complexity index is 528. The van der Waals surface area contributed by atoms with Gasteiger partial charge in [-0.2, -0.15) is 0 Å². The van der Waals surface area contributed by atoms with Crippen molar-refractivity contribution in [3.05, 3.63) is 34.9 Å². The molecule has 1 unspecified atom stereocenters. The molecule has 0 spiro atoms. The van der Waals surface area contributed by atoms with Crippen LogP contribution in [0.15, 0.2) is 29.3 Å². The van der Waals surface area contributed by atoms with Gasteiger partial charge in [0.25, 0.3) is 0 Å². The van der Waals surface area contributed by atoms with Gasteiger partial charge in [0.05, 0.1) is 12.6 Å². The maximum atomic E-state index is 6.30. The number of hydrogen-bond acceptors (Lipinski definition) is 2. The van der Waals surface area contributed by atoms with E-state index in [0.29, 0.717) is 12.5 Å². The fraction of sp³-hybridized carbons (Fsp3) is 0.562. The van der Waals surface area contributed by atoms with Crippen molar-refractivity contribution in [2.24, 2.45) is 10.7 Å². The Labute approximate surface area is 153 Å². The zero-order valence-electron chi connectivity index (χ0n) is 12.6. The first-order valence-electron chi connectivity index (χ1n) is 7.60. The number of aliphatic imine (C=N–C) groups is 1. The van der Waals surface area contributed by atoms with Crippen LogP contribution in [0.2, 0.25) is 5.02 Å². The van der Waals surface area contributed by atoms with Crippen LogP contribution in [-0.4, -0.2) is 31.8 Å². The predicted molar refractivity (Wildman–Crippen MR) is 101 cm³/mol. The van der Waals surface area contributed by atoms with E-state index >= 15 is 0 Å². The lowest BCUT2D eigenvalue weighted by Gasteiger charge is -2.16. The molecule has 1 saturated carbocycles. The van der Waals surface area contributed by atoms with E-state index < -0.39 is 0 Å². The lowest BCUT2D eigenvalue weighted by Crippen LogP contribution is -2.37. The van der Waals surface area contributed by atoms with Gasteiger partial charge in [0.1, 0.15) is 0 Å². The van der Waals surface area contributed by atoms with Crippen LogP contribution in [0.4, 0.5) is 0 Å². The number of benzene rings is 1. The SMILES string of the molecule is I.NC(=NCC1(c2ccccc2Cl)CC1)NCC1CCCO1. The van der Waals surface area contributed by atoms with Crippen LogP contribution in [0.1, 0.15) is 31.2 Å². The van der Waals surface area contributed by atoms with Gasteiger partial charge in [0.15, 0.2) is 5.96 Å². The van der Waals surface area contributed by atoms with E-state index in [1.165, 1.54) is 5.56 Å². The molecule has 3 rings (SSSR count). The van der Waals surface area contributed by atoms with E-state index in [4.69, 9.17) is 22.1 Å². The predicted octanol–water partition coefficient (Wildman–Crippen LogP) is 3.07. The van der Waals surface area contributed by atoms with Gasteiger partial charge in [-0.15, -0.1) is 24.0 Å². The summed E-state index contributed by atoms with van der Waals surface area (Å²) in [6.07, 6.45) is 4.76. The minimum atomic E-state index is 0. The summed E-state index contributed by atoms with van der Waals surface area (Å²) in [5.41, 5.74) is 7.24. The first kappa shape index (κ1) is 17.8. The van der Waals surface area contributed by atoms with Crippen LogP contribution in [-0.2, 0) is 10.2 Å². The molecule has 1 aliphatic carbocycles. The first-order chi connectivity index (χ1) is 10.2. The summed E-state index contributed by atoms with van der Waals surface area (Å²) in [6.45, 7) is 2.30. The van der Waals surface area contributed by atoms with Crippen LogP contribution in [0.25, 0.3) is 0 Å². The standard InChI is InChI=1S/C16H22ClN3O.HI/c17-14-6-2-1-5-13(14)16(7-8-16)11-20-15(18)19-10-12-4-3-9-21-12;/h1-2,5-6,12H,3-4,7-11H2,(H3,18,19,20);1H. The molecule has 1 aromatic rings. The third kappa shape index (κ3) is 4.26. The lowest BCUT2D eigenvalue weighted by atomic mass is 9.96. The fourth-order valence-corrected chi connectivity index (χ4v) is 3.21. The van der Waals surface area contributed by atoms with E-state index in [1.807, 2.05) is 18.2 Å². The van der Waals surface area contributed by atoms with Gasteiger partial charge in [-0.3, -0.25) is 4.99 Å². The maximum absolute atomic E-state index is 6.30. The second-order valence-electron chi connectivity index (χ2n) is 5.98. The van der Waals surface area contributed by atoms with E-state index in [1.54, 1.807) is 0 Å². The zero-order chi connectivity index (χ0) is 14.7. The van der Waals surface area contributed by atoms with Gasteiger partial charge in [-0.05, 0) is 37.3 Å². The summed E-state index contributed by atoms with van der Waals surface area (Å²) in [5.74, 6) is 0.504. The van der Waals surface area contributed by atoms with Crippen LogP contribution in [0.3, 0.4) is 0 Å². The summed E-state index contributed by atoms with van der Waals surface area (Å²) >= 11 is 6.30. The van der Waals surface area contributed by atoms with Gasteiger partial charge in [0.2, 0.25) is 0 Å². The van der Waals surface area contributed by atoms with E-state index in [2.05, 4.69) is 16.4 Å². The fourth-order valence-electron chi connectivity index (χ4n) is 2.87. The van der Waals surface area contributed by atoms with E-state index in [0.717, 1.165) is 43.9 Å². The van der Waals surface area contributed by atoms with Crippen LogP contribution in [0.5, 0.6) is 0 Å². The van der Waals surface area contributed by atoms with Crippen LogP contribution in [0, 0.1) is 0 Å². The summed E-state index contributed by atoms with van der Waals surface area (Å²) in [5, 5.41) is 3.99. The average Bonchev–Trinajstić information content (AvgIpc) is 3.09. The number of guanidine groups is 1. The monoisotopic (exact) mass is 435 g/mol. The zero-order valence-corrected chi connectivity index (χ0v) is 15.6. The van der Waals surface area contributed by atoms with Crippen molar-refractivity contribution < 1.29 is 4.74 Å². The summed E-state index contributed by atoms with van der Waals surface area (Å²) in [6, 6.07) is 8.04. The highest BCUT2D eigenvalue weighted by Gasteiger charge is 2.45. The minimum Gasteiger partial charge on any atom is -0.376 e. The molecule has 22 heavy (non-hydrogen) atoms. The highest BCUT2D eigenvalue weighted by atomic mass is 127. The average molecular weight is 436 g/mol. The number of ether oxygens (including phenoxy) is 1. The quantitative estimate of drug-likeness (QED) is 0.424. The molecule has 6 heteroatoms. The first-order valence-corrected chi connectivity index (χ1v) is 7.98. The Morgan fingerprint density at radius 2 is 2.18 bits per heavy atom. The molecule has 1 heterocycles. The molecule has 0 aromatic heterocycles. The topological polar surface area (TPSA) is 59.6 Å². The van der Waals surface area contributed by atoms with Crippen molar-refractivity contribution in [3.8, 4) is 0 Å². The Hall–Kier alpha value is -0.530. The largest absolute Gasteiger partial charge is 0.376 e. The number of nitrogens with zero attached hydrogens (tertiary/aromatic N) is 1. The molecule has 1 saturated heterocycles. The van der Waals surface area contributed by atoms with Crippen LogP contribution >= 0.6 is 35.6 Å². The molecule has 0 amide bonds. The molecule has 2 aliphatic rings. The van der Waals surface area contributed by atoms with Crippen molar-refractivity contribution in [2.45, 2.75) is 37.2 Å². The van der Waals surface area contributed by atoms with E-state index in [-0.39, 0.29) is 35.5 Å². The maximum Gasteiger partial charge on any atom is 0.188 e. The normalized spacial score (nSPS) is 23.0. The third-order valence-electron chi connectivity index (χ3n) is 4.39. The number of halogens is 2. The van der Waals surface area contributed by atoms with Crippen molar-refractivity contribution in [1.82, 2.24) is 5.32 Å². The molecule has 4 nitrogen and oxygen atoms in total. The number of nitrogens with two attached hydrogens (primary N) is 1. The van der Waals surface area contributed by atoms with Crippen LogP contribution < -0.4 is 11.1 Å². The molecule has 2 fully saturated rings. The van der Waals surface area contributed by atoms with E-state index in [9.17, 15) is 0 Å². The van der Waals surface area contributed by atoms with Crippen molar-refractivity contribution >= 4 is 41.5 Å². The Balaban J connectivity index is 0.00000176. The van der Waals surface area contributed by atoms with Gasteiger partial charge in [-0.25, -0.2) is 0 Å². The van der Waals surface area contributed by atoms with Crippen molar-refractivity contribution in [2.75, 3.05) is 19.7 Å². The molecule has 3 N–H and O–H groups in total. The molecule has 122 valence electrons. The summed E-state index contributed by atoms with van der Waals surface area (Å²) in [7, 11) is 0. The lowest BCUT2D eigenvalue weighted by molar-refractivity contribution is 0.114. The van der Waals surface area contributed by atoms with Crippen molar-refractivity contribution in [1.29, 1.82) is 0 Å². The molecule has 1 aliphatic heterocycles. The summed E-state index contributed by atoms with van der Waals surface area (Å²) < 4.78 is 5.56. The smallest absolute Gasteiger partial charge is 0.188 e. The number of nitrogens with one attached hydrogen (secondary N) is 1. The Morgan fingerprint density at radius 3 is 2.82 bits per heavy atom. The van der Waals surface area contributed by atoms with Gasteiger partial charge in [0, 0.05) is 23.6 Å². The number of rotatable bonds is 5. The molecule has 1 atom stereocenters. The third-order valence-corrected chi connectivity index (χ3v) is 4.72. The Morgan fingerprint density at radius 1 is 1.41 bits per heavy atom. The second-order valence-corrected chi connectivity index (χ2v) is 6.38.